The number of carbonyl (C=O) groups excluding carboxylic acids is 1. The zero-order chi connectivity index (χ0) is 16.0. The van der Waals surface area contributed by atoms with Crippen LogP contribution in [-0.2, 0) is 4.74 Å². The van der Waals surface area contributed by atoms with E-state index in [1.54, 1.807) is 25.2 Å². The summed E-state index contributed by atoms with van der Waals surface area (Å²) in [6.07, 6.45) is -0.391. The third-order valence-electron chi connectivity index (χ3n) is 2.40. The Morgan fingerprint density at radius 1 is 1.38 bits per heavy atom. The van der Waals surface area contributed by atoms with Crippen LogP contribution in [0.15, 0.2) is 22.7 Å². The number of halogens is 1. The third-order valence-corrected chi connectivity index (χ3v) is 2.86. The van der Waals surface area contributed by atoms with E-state index in [1.807, 2.05) is 20.8 Å². The number of ether oxygens (including phenoxy) is 2. The van der Waals surface area contributed by atoms with Gasteiger partial charge in [-0.15, -0.1) is 0 Å². The Morgan fingerprint density at radius 3 is 2.62 bits per heavy atom. The monoisotopic (exact) mass is 354 g/mol. The van der Waals surface area contributed by atoms with Crippen LogP contribution in [0.5, 0.6) is 5.75 Å². The standard InChI is InChI=1S/C15H19BrN2O3/c1-15(2,3)21-14(19)18(4)5-6-20-13-8-11(10-17)7-12(16)9-13/h7-9H,5-6H2,1-4H3. The first kappa shape index (κ1) is 17.3. The Labute approximate surface area is 133 Å². The fourth-order valence-electron chi connectivity index (χ4n) is 1.44. The number of carbonyl (C=O) groups is 1. The van der Waals surface area contributed by atoms with Crippen molar-refractivity contribution in [2.75, 3.05) is 20.2 Å². The van der Waals surface area contributed by atoms with E-state index in [1.165, 1.54) is 4.90 Å². The zero-order valence-electron chi connectivity index (χ0n) is 12.6. The van der Waals surface area contributed by atoms with Crippen molar-refractivity contribution < 1.29 is 14.3 Å². The number of benzene rings is 1. The van der Waals surface area contributed by atoms with Crippen LogP contribution >= 0.6 is 15.9 Å². The molecule has 0 heterocycles. The van der Waals surface area contributed by atoms with Gasteiger partial charge in [-0.3, -0.25) is 0 Å². The molecule has 0 aliphatic rings. The molecule has 0 aromatic heterocycles. The summed E-state index contributed by atoms with van der Waals surface area (Å²) >= 11 is 3.32. The normalized spacial score (nSPS) is 10.7. The molecule has 0 atom stereocenters. The van der Waals surface area contributed by atoms with Gasteiger partial charge in [-0.05, 0) is 39.0 Å². The maximum Gasteiger partial charge on any atom is 0.410 e. The van der Waals surface area contributed by atoms with Crippen molar-refractivity contribution in [3.8, 4) is 11.8 Å². The minimum Gasteiger partial charge on any atom is -0.492 e. The highest BCUT2D eigenvalue weighted by Crippen LogP contribution is 2.21. The van der Waals surface area contributed by atoms with Crippen LogP contribution in [0.4, 0.5) is 4.79 Å². The highest BCUT2D eigenvalue weighted by Gasteiger charge is 2.19. The number of hydrogen-bond donors (Lipinski definition) is 0. The lowest BCUT2D eigenvalue weighted by Gasteiger charge is -2.24. The summed E-state index contributed by atoms with van der Waals surface area (Å²) < 4.78 is 11.6. The molecule has 0 N–H and O–H groups in total. The molecule has 1 aromatic rings. The molecule has 6 heteroatoms. The van der Waals surface area contributed by atoms with Crippen molar-refractivity contribution in [2.24, 2.45) is 0 Å². The van der Waals surface area contributed by atoms with Crippen molar-refractivity contribution in [3.63, 3.8) is 0 Å². The molecule has 0 unspecified atom stereocenters. The second-order valence-corrected chi connectivity index (χ2v) is 6.45. The van der Waals surface area contributed by atoms with Crippen molar-refractivity contribution in [3.05, 3.63) is 28.2 Å². The summed E-state index contributed by atoms with van der Waals surface area (Å²) in [5, 5.41) is 8.89. The summed E-state index contributed by atoms with van der Waals surface area (Å²) in [5.74, 6) is 0.582. The summed E-state index contributed by atoms with van der Waals surface area (Å²) in [6, 6.07) is 7.19. The lowest BCUT2D eigenvalue weighted by molar-refractivity contribution is 0.0278. The summed E-state index contributed by atoms with van der Waals surface area (Å²) in [4.78, 5) is 13.2. The summed E-state index contributed by atoms with van der Waals surface area (Å²) in [5.41, 5.74) is -0.00191. The number of nitriles is 1. The van der Waals surface area contributed by atoms with Gasteiger partial charge in [0.15, 0.2) is 0 Å². The molecule has 0 saturated heterocycles. The molecule has 0 spiro atoms. The van der Waals surface area contributed by atoms with Crippen molar-refractivity contribution in [1.82, 2.24) is 4.90 Å². The molecular formula is C15H19BrN2O3. The minimum absolute atomic E-state index is 0.317. The quantitative estimate of drug-likeness (QED) is 0.828. The second kappa shape index (κ2) is 7.32. The highest BCUT2D eigenvalue weighted by atomic mass is 79.9. The molecule has 0 aliphatic heterocycles. The molecule has 1 amide bonds. The molecule has 0 aliphatic carbocycles. The Bertz CT molecular complexity index is 547. The van der Waals surface area contributed by atoms with E-state index < -0.39 is 11.7 Å². The fraction of sp³-hybridized carbons (Fsp3) is 0.467. The predicted octanol–water partition coefficient (Wildman–Crippen LogP) is 3.57. The number of nitrogens with zero attached hydrogens (tertiary/aromatic N) is 2. The smallest absolute Gasteiger partial charge is 0.410 e. The Kier molecular flexibility index (Phi) is 6.03. The van der Waals surface area contributed by atoms with Gasteiger partial charge in [-0.25, -0.2) is 4.79 Å². The van der Waals surface area contributed by atoms with Gasteiger partial charge in [0.2, 0.25) is 0 Å². The van der Waals surface area contributed by atoms with Crippen LogP contribution < -0.4 is 4.74 Å². The second-order valence-electron chi connectivity index (χ2n) is 5.54. The molecular weight excluding hydrogens is 336 g/mol. The predicted molar refractivity (Wildman–Crippen MR) is 83.2 cm³/mol. The maximum atomic E-state index is 11.8. The number of hydrogen-bond acceptors (Lipinski definition) is 4. The first-order chi connectivity index (χ1) is 9.71. The molecule has 0 saturated carbocycles. The molecule has 114 valence electrons. The fourth-order valence-corrected chi connectivity index (χ4v) is 1.91. The van der Waals surface area contributed by atoms with E-state index in [0.717, 1.165) is 4.47 Å². The van der Waals surface area contributed by atoms with Gasteiger partial charge in [0.05, 0.1) is 18.2 Å². The van der Waals surface area contributed by atoms with Gasteiger partial charge >= 0.3 is 6.09 Å². The SMILES string of the molecule is CN(CCOc1cc(Br)cc(C#N)c1)C(=O)OC(C)(C)C. The van der Waals surface area contributed by atoms with E-state index in [-0.39, 0.29) is 0 Å². The lowest BCUT2D eigenvalue weighted by atomic mass is 10.2. The summed E-state index contributed by atoms with van der Waals surface area (Å²) in [6.45, 7) is 6.17. The topological polar surface area (TPSA) is 62.6 Å². The summed E-state index contributed by atoms with van der Waals surface area (Å²) in [7, 11) is 1.65. The molecule has 1 rings (SSSR count). The van der Waals surface area contributed by atoms with Gasteiger partial charge in [0.25, 0.3) is 0 Å². The van der Waals surface area contributed by atoms with E-state index in [4.69, 9.17) is 14.7 Å². The van der Waals surface area contributed by atoms with Gasteiger partial charge in [0, 0.05) is 11.5 Å². The molecule has 5 nitrogen and oxygen atoms in total. The van der Waals surface area contributed by atoms with Gasteiger partial charge in [-0.2, -0.15) is 5.26 Å². The van der Waals surface area contributed by atoms with Crippen LogP contribution in [0.1, 0.15) is 26.3 Å². The molecule has 21 heavy (non-hydrogen) atoms. The van der Waals surface area contributed by atoms with E-state index in [2.05, 4.69) is 22.0 Å². The first-order valence-corrected chi connectivity index (χ1v) is 7.28. The van der Waals surface area contributed by atoms with Crippen molar-refractivity contribution in [2.45, 2.75) is 26.4 Å². The molecule has 1 aromatic carbocycles. The third kappa shape index (κ3) is 6.50. The first-order valence-electron chi connectivity index (χ1n) is 6.49. The minimum atomic E-state index is -0.516. The van der Waals surface area contributed by atoms with Gasteiger partial charge < -0.3 is 14.4 Å². The molecule has 0 radical (unpaired) electrons. The lowest BCUT2D eigenvalue weighted by Crippen LogP contribution is -2.36. The molecule has 0 bridgehead atoms. The number of rotatable bonds is 4. The zero-order valence-corrected chi connectivity index (χ0v) is 14.2. The van der Waals surface area contributed by atoms with Crippen LogP contribution in [0.3, 0.4) is 0 Å². The van der Waals surface area contributed by atoms with E-state index >= 15 is 0 Å². The Morgan fingerprint density at radius 2 is 2.05 bits per heavy atom. The number of amides is 1. The largest absolute Gasteiger partial charge is 0.492 e. The van der Waals surface area contributed by atoms with Crippen LogP contribution in [0.25, 0.3) is 0 Å². The van der Waals surface area contributed by atoms with Crippen molar-refractivity contribution in [1.29, 1.82) is 5.26 Å². The molecule has 0 fully saturated rings. The highest BCUT2D eigenvalue weighted by molar-refractivity contribution is 9.10. The van der Waals surface area contributed by atoms with Crippen LogP contribution in [-0.4, -0.2) is 36.8 Å². The average molecular weight is 355 g/mol. The van der Waals surface area contributed by atoms with Gasteiger partial charge in [-0.1, -0.05) is 15.9 Å². The van der Waals surface area contributed by atoms with Crippen LogP contribution in [0, 0.1) is 11.3 Å². The van der Waals surface area contributed by atoms with Crippen LogP contribution in [0.2, 0.25) is 0 Å². The van der Waals surface area contributed by atoms with E-state index in [9.17, 15) is 4.79 Å². The maximum absolute atomic E-state index is 11.8. The number of likely N-dealkylation sites (N-methyl/N-ethyl adjacent to an activating group) is 1. The average Bonchev–Trinajstić information content (AvgIpc) is 2.35. The Balaban J connectivity index is 2.48. The Hall–Kier alpha value is -1.74. The van der Waals surface area contributed by atoms with E-state index in [0.29, 0.717) is 24.5 Å². The van der Waals surface area contributed by atoms with Gasteiger partial charge in [0.1, 0.15) is 18.0 Å². The van der Waals surface area contributed by atoms with Crippen molar-refractivity contribution >= 4 is 22.0 Å².